The molecule has 2 fully saturated rings. The molecule has 5 rings (SSSR count). The summed E-state index contributed by atoms with van der Waals surface area (Å²) in [6.07, 6.45) is 2.69. The summed E-state index contributed by atoms with van der Waals surface area (Å²) in [5, 5.41) is 2.82. The van der Waals surface area contributed by atoms with Crippen LogP contribution in [0.25, 0.3) is 0 Å². The van der Waals surface area contributed by atoms with Gasteiger partial charge >= 0.3 is 0 Å². The van der Waals surface area contributed by atoms with Crippen molar-refractivity contribution in [3.05, 3.63) is 59.4 Å². The maximum Gasteiger partial charge on any atom is 0.254 e. The zero-order valence-electron chi connectivity index (χ0n) is 19.5. The average Bonchev–Trinajstić information content (AvgIpc) is 2.90. The first-order valence-electron chi connectivity index (χ1n) is 12.1. The van der Waals surface area contributed by atoms with Crippen LogP contribution in [0, 0.1) is 5.82 Å². The lowest BCUT2D eigenvalue weighted by atomic mass is 9.95. The molecule has 3 amide bonds. The van der Waals surface area contributed by atoms with Crippen LogP contribution in [0.4, 0.5) is 15.8 Å². The summed E-state index contributed by atoms with van der Waals surface area (Å²) in [5.74, 6) is -0.881. The van der Waals surface area contributed by atoms with Gasteiger partial charge in [-0.2, -0.15) is 0 Å². The van der Waals surface area contributed by atoms with Crippen LogP contribution in [0.3, 0.4) is 0 Å². The first kappa shape index (κ1) is 23.3. The molecule has 1 N–H and O–H groups in total. The maximum absolute atomic E-state index is 13.5. The molecule has 0 radical (unpaired) electrons. The molecule has 0 bridgehead atoms. The summed E-state index contributed by atoms with van der Waals surface area (Å²) >= 11 is 0. The Morgan fingerprint density at radius 2 is 1.77 bits per heavy atom. The summed E-state index contributed by atoms with van der Waals surface area (Å²) in [7, 11) is 0. The number of hydrogen-bond donors (Lipinski definition) is 1. The van der Waals surface area contributed by atoms with Crippen LogP contribution < -0.4 is 15.1 Å². The van der Waals surface area contributed by atoms with Gasteiger partial charge in [0.25, 0.3) is 5.91 Å². The minimum Gasteiger partial charge on any atom is -0.378 e. The van der Waals surface area contributed by atoms with Crippen molar-refractivity contribution in [1.82, 2.24) is 10.2 Å². The molecule has 0 aromatic heterocycles. The van der Waals surface area contributed by atoms with Crippen LogP contribution in [0.1, 0.15) is 35.2 Å². The van der Waals surface area contributed by atoms with Gasteiger partial charge in [0.05, 0.1) is 24.6 Å². The Morgan fingerprint density at radius 3 is 2.54 bits per heavy atom. The van der Waals surface area contributed by atoms with Gasteiger partial charge in [0.1, 0.15) is 18.4 Å². The molecule has 0 aliphatic carbocycles. The Kier molecular flexibility index (Phi) is 6.68. The lowest BCUT2D eigenvalue weighted by Crippen LogP contribution is -2.57. The van der Waals surface area contributed by atoms with Crippen LogP contribution >= 0.6 is 0 Å². The smallest absolute Gasteiger partial charge is 0.254 e. The molecule has 2 aromatic rings. The summed E-state index contributed by atoms with van der Waals surface area (Å²) in [4.78, 5) is 44.8. The van der Waals surface area contributed by atoms with E-state index in [0.717, 1.165) is 37.1 Å². The molecule has 0 unspecified atom stereocenters. The molecule has 8 nitrogen and oxygen atoms in total. The van der Waals surface area contributed by atoms with Gasteiger partial charge < -0.3 is 19.9 Å². The fourth-order valence-electron chi connectivity index (χ4n) is 5.01. The number of fused-ring (bicyclic) bond motifs is 3. The van der Waals surface area contributed by atoms with Crippen molar-refractivity contribution in [2.45, 2.75) is 31.8 Å². The number of halogens is 1. The van der Waals surface area contributed by atoms with Crippen molar-refractivity contribution >= 4 is 29.1 Å². The van der Waals surface area contributed by atoms with Crippen molar-refractivity contribution in [2.75, 3.05) is 49.2 Å². The van der Waals surface area contributed by atoms with E-state index in [2.05, 4.69) is 10.2 Å². The molecule has 3 aliphatic rings. The SMILES string of the molecule is O=C(CN1C(=O)[C@@H]2CCCCN2c2ccc(C(=O)N3CCOCC3)cc21)NCc1ccc(F)cc1. The van der Waals surface area contributed by atoms with Gasteiger partial charge in [0.15, 0.2) is 0 Å². The predicted octanol–water partition coefficient (Wildman–Crippen LogP) is 2.32. The highest BCUT2D eigenvalue weighted by atomic mass is 19.1. The molecule has 184 valence electrons. The lowest BCUT2D eigenvalue weighted by Gasteiger charge is -2.45. The topological polar surface area (TPSA) is 82.2 Å². The first-order valence-corrected chi connectivity index (χ1v) is 12.1. The number of hydrogen-bond acceptors (Lipinski definition) is 5. The number of carbonyl (C=O) groups excluding carboxylic acids is 3. The molecule has 3 heterocycles. The van der Waals surface area contributed by atoms with E-state index in [4.69, 9.17) is 4.74 Å². The van der Waals surface area contributed by atoms with E-state index in [1.54, 1.807) is 23.1 Å². The molecule has 2 saturated heterocycles. The monoisotopic (exact) mass is 480 g/mol. The van der Waals surface area contributed by atoms with Crippen molar-refractivity contribution in [3.8, 4) is 0 Å². The third kappa shape index (κ3) is 4.86. The number of nitrogens with zero attached hydrogens (tertiary/aromatic N) is 3. The molecular formula is C26H29FN4O4. The minimum atomic E-state index is -0.338. The first-order chi connectivity index (χ1) is 17.0. The molecule has 35 heavy (non-hydrogen) atoms. The highest BCUT2D eigenvalue weighted by Crippen LogP contribution is 2.40. The number of anilines is 2. The Labute approximate surface area is 203 Å². The fourth-order valence-corrected chi connectivity index (χ4v) is 5.01. The van der Waals surface area contributed by atoms with E-state index in [9.17, 15) is 18.8 Å². The van der Waals surface area contributed by atoms with Crippen molar-refractivity contribution in [3.63, 3.8) is 0 Å². The van der Waals surface area contributed by atoms with E-state index < -0.39 is 0 Å². The summed E-state index contributed by atoms with van der Waals surface area (Å²) in [6.45, 7) is 2.92. The molecule has 0 saturated carbocycles. The fraction of sp³-hybridized carbons (Fsp3) is 0.423. The second kappa shape index (κ2) is 10.0. The summed E-state index contributed by atoms with van der Waals surface area (Å²) < 4.78 is 18.5. The third-order valence-electron chi connectivity index (χ3n) is 6.88. The Bertz CT molecular complexity index is 1120. The van der Waals surface area contributed by atoms with E-state index in [1.165, 1.54) is 17.0 Å². The van der Waals surface area contributed by atoms with Gasteiger partial charge in [0, 0.05) is 31.7 Å². The highest BCUT2D eigenvalue weighted by molar-refractivity contribution is 6.09. The molecule has 2 aromatic carbocycles. The maximum atomic E-state index is 13.5. The number of morpholine rings is 1. The number of carbonyl (C=O) groups is 3. The standard InChI is InChI=1S/C26H29FN4O4/c27-20-7-4-18(5-8-20)16-28-24(32)17-31-23-15-19(25(33)29-11-13-35-14-12-29)6-9-21(23)30-10-2-1-3-22(30)26(31)34/h4-9,15,22H,1-3,10-14,16-17H2,(H,28,32)/t22-/m0/s1. The lowest BCUT2D eigenvalue weighted by molar-refractivity contribution is -0.125. The number of ether oxygens (including phenoxy) is 1. The summed E-state index contributed by atoms with van der Waals surface area (Å²) in [5.41, 5.74) is 2.72. The molecular weight excluding hydrogens is 451 g/mol. The predicted molar refractivity (Wildman–Crippen MR) is 129 cm³/mol. The number of nitrogens with one attached hydrogen (secondary N) is 1. The van der Waals surface area contributed by atoms with Crippen molar-refractivity contribution in [2.24, 2.45) is 0 Å². The zero-order valence-corrected chi connectivity index (χ0v) is 19.5. The summed E-state index contributed by atoms with van der Waals surface area (Å²) in [6, 6.07) is 11.1. The van der Waals surface area contributed by atoms with Crippen molar-refractivity contribution < 1.29 is 23.5 Å². The van der Waals surface area contributed by atoms with Gasteiger partial charge in [-0.1, -0.05) is 12.1 Å². The third-order valence-corrected chi connectivity index (χ3v) is 6.88. The zero-order chi connectivity index (χ0) is 24.4. The highest BCUT2D eigenvalue weighted by Gasteiger charge is 2.40. The second-order valence-electron chi connectivity index (χ2n) is 9.14. The van der Waals surface area contributed by atoms with Crippen LogP contribution in [0.5, 0.6) is 0 Å². The number of amides is 3. The number of piperidine rings is 1. The molecule has 1 atom stereocenters. The van der Waals surface area contributed by atoms with E-state index in [-0.39, 0.29) is 42.7 Å². The molecule has 0 spiro atoms. The quantitative estimate of drug-likeness (QED) is 0.711. The van der Waals surface area contributed by atoms with E-state index in [1.807, 2.05) is 12.1 Å². The van der Waals surface area contributed by atoms with Gasteiger partial charge in [-0.3, -0.25) is 19.3 Å². The van der Waals surface area contributed by atoms with Crippen LogP contribution in [-0.2, 0) is 20.9 Å². The Hall–Kier alpha value is -3.46. The van der Waals surface area contributed by atoms with Gasteiger partial charge in [-0.15, -0.1) is 0 Å². The van der Waals surface area contributed by atoms with Crippen LogP contribution in [0.15, 0.2) is 42.5 Å². The van der Waals surface area contributed by atoms with Gasteiger partial charge in [-0.25, -0.2) is 4.39 Å². The largest absolute Gasteiger partial charge is 0.378 e. The Morgan fingerprint density at radius 1 is 1.00 bits per heavy atom. The molecule has 9 heteroatoms. The van der Waals surface area contributed by atoms with Crippen LogP contribution in [0.2, 0.25) is 0 Å². The normalized spacial score (nSPS) is 19.7. The second-order valence-corrected chi connectivity index (χ2v) is 9.14. The number of rotatable bonds is 5. The Balaban J connectivity index is 1.39. The average molecular weight is 481 g/mol. The van der Waals surface area contributed by atoms with E-state index in [0.29, 0.717) is 37.6 Å². The number of benzene rings is 2. The van der Waals surface area contributed by atoms with Gasteiger partial charge in [0.2, 0.25) is 11.8 Å². The molecule has 3 aliphatic heterocycles. The minimum absolute atomic E-state index is 0.106. The van der Waals surface area contributed by atoms with Crippen LogP contribution in [-0.4, -0.2) is 68.1 Å². The van der Waals surface area contributed by atoms with Gasteiger partial charge in [-0.05, 0) is 55.2 Å². The van der Waals surface area contributed by atoms with E-state index >= 15 is 0 Å². The van der Waals surface area contributed by atoms with Crippen molar-refractivity contribution in [1.29, 1.82) is 0 Å².